The summed E-state index contributed by atoms with van der Waals surface area (Å²) >= 11 is 0. The zero-order valence-electron chi connectivity index (χ0n) is 10.7. The van der Waals surface area contributed by atoms with Gasteiger partial charge in [-0.15, -0.1) is 0 Å². The number of hydrogen-bond acceptors (Lipinski definition) is 4. The maximum Gasteiger partial charge on any atom is 0.332 e. The Balaban J connectivity index is 2.12. The number of carboxylic acid groups (broad SMARTS) is 1. The molecule has 0 aliphatic rings. The number of aliphatic carboxylic acids is 1. The summed E-state index contributed by atoms with van der Waals surface area (Å²) in [5.74, 6) is -1.29. The summed E-state index contributed by atoms with van der Waals surface area (Å²) in [6.07, 6.45) is 0.865. The Kier molecular flexibility index (Phi) is 5.80. The second-order valence-corrected chi connectivity index (χ2v) is 4.02. The summed E-state index contributed by atoms with van der Waals surface area (Å²) in [7, 11) is 1.82. The second-order valence-electron chi connectivity index (χ2n) is 4.02. The van der Waals surface area contributed by atoms with E-state index >= 15 is 0 Å². The van der Waals surface area contributed by atoms with Crippen LogP contribution < -0.4 is 10.6 Å². The molecule has 1 heterocycles. The van der Waals surface area contributed by atoms with Gasteiger partial charge in [0.1, 0.15) is 0 Å². The Morgan fingerprint density at radius 3 is 2.68 bits per heavy atom. The van der Waals surface area contributed by atoms with Crippen molar-refractivity contribution in [1.29, 1.82) is 0 Å². The van der Waals surface area contributed by atoms with Crippen molar-refractivity contribution in [3.63, 3.8) is 0 Å². The molecule has 0 spiro atoms. The number of carbonyl (C=O) groups is 2. The lowest BCUT2D eigenvalue weighted by atomic mass is 10.2. The molecule has 0 radical (unpaired) electrons. The van der Waals surface area contributed by atoms with E-state index < -0.39 is 12.1 Å². The van der Waals surface area contributed by atoms with Gasteiger partial charge in [0.25, 0.3) is 0 Å². The highest BCUT2D eigenvalue weighted by Crippen LogP contribution is 1.95. The third kappa shape index (κ3) is 5.38. The van der Waals surface area contributed by atoms with E-state index in [1.165, 1.54) is 0 Å². The lowest BCUT2D eigenvalue weighted by Gasteiger charge is -2.09. The Bertz CT molecular complexity index is 432. The van der Waals surface area contributed by atoms with Crippen molar-refractivity contribution in [3.05, 3.63) is 18.0 Å². The van der Waals surface area contributed by atoms with Crippen molar-refractivity contribution in [3.8, 4) is 0 Å². The molecule has 0 saturated heterocycles. The predicted octanol–water partition coefficient (Wildman–Crippen LogP) is -0.903. The topological polar surface area (TPSA) is 116 Å². The number of aliphatic hydroxyl groups is 1. The van der Waals surface area contributed by atoms with Crippen LogP contribution in [0.4, 0.5) is 4.79 Å². The van der Waals surface area contributed by atoms with Gasteiger partial charge in [-0.2, -0.15) is 5.10 Å². The van der Waals surface area contributed by atoms with E-state index in [-0.39, 0.29) is 19.0 Å². The molecule has 4 N–H and O–H groups in total. The number of aryl methyl sites for hydroxylation is 1. The van der Waals surface area contributed by atoms with Crippen LogP contribution in [0.25, 0.3) is 0 Å². The van der Waals surface area contributed by atoms with Crippen molar-refractivity contribution in [2.45, 2.75) is 18.9 Å². The molecule has 0 aromatic carbocycles. The van der Waals surface area contributed by atoms with Crippen molar-refractivity contribution < 1.29 is 19.8 Å². The molecule has 0 aliphatic heterocycles. The standard InChI is InChI=1S/C11H18N4O4/c1-15-8(3-7-14-15)2-5-12-11(19)13-6-4-9(16)10(17)18/h3,7,9,16H,2,4-6H2,1H3,(H,17,18)(H2,12,13,19)/t9-/m0/s1. The molecule has 0 unspecified atom stereocenters. The Labute approximate surface area is 110 Å². The van der Waals surface area contributed by atoms with Crippen LogP contribution in [0.15, 0.2) is 12.3 Å². The summed E-state index contributed by atoms with van der Waals surface area (Å²) in [5, 5.41) is 26.5. The first-order valence-electron chi connectivity index (χ1n) is 5.90. The van der Waals surface area contributed by atoms with Crippen LogP contribution in [0.5, 0.6) is 0 Å². The minimum atomic E-state index is -1.45. The number of aliphatic hydroxyl groups excluding tert-OH is 1. The number of urea groups is 1. The van der Waals surface area contributed by atoms with Crippen LogP contribution in [0.1, 0.15) is 12.1 Å². The fraction of sp³-hybridized carbons (Fsp3) is 0.545. The van der Waals surface area contributed by atoms with Crippen molar-refractivity contribution in [1.82, 2.24) is 20.4 Å². The first kappa shape index (κ1) is 15.0. The smallest absolute Gasteiger partial charge is 0.332 e. The monoisotopic (exact) mass is 270 g/mol. The lowest BCUT2D eigenvalue weighted by Crippen LogP contribution is -2.38. The molecule has 106 valence electrons. The maximum absolute atomic E-state index is 11.3. The van der Waals surface area contributed by atoms with Gasteiger partial charge in [-0.3, -0.25) is 4.68 Å². The lowest BCUT2D eigenvalue weighted by molar-refractivity contribution is -0.146. The highest BCUT2D eigenvalue weighted by atomic mass is 16.4. The van der Waals surface area contributed by atoms with E-state index in [1.807, 2.05) is 13.1 Å². The number of hydrogen-bond donors (Lipinski definition) is 4. The third-order valence-corrected chi connectivity index (χ3v) is 2.58. The molecule has 19 heavy (non-hydrogen) atoms. The van der Waals surface area contributed by atoms with E-state index in [2.05, 4.69) is 15.7 Å². The average Bonchev–Trinajstić information content (AvgIpc) is 2.75. The van der Waals surface area contributed by atoms with E-state index in [0.29, 0.717) is 13.0 Å². The van der Waals surface area contributed by atoms with Crippen molar-refractivity contribution in [2.24, 2.45) is 7.05 Å². The second kappa shape index (κ2) is 7.37. The number of carboxylic acids is 1. The molecule has 8 nitrogen and oxygen atoms in total. The van der Waals surface area contributed by atoms with E-state index in [9.17, 15) is 9.59 Å². The Morgan fingerprint density at radius 2 is 2.11 bits per heavy atom. The minimum Gasteiger partial charge on any atom is -0.479 e. The molecule has 1 aromatic rings. The Hall–Kier alpha value is -2.09. The molecule has 2 amide bonds. The first-order valence-corrected chi connectivity index (χ1v) is 5.90. The van der Waals surface area contributed by atoms with Crippen LogP contribution >= 0.6 is 0 Å². The van der Waals surface area contributed by atoms with Gasteiger partial charge in [0.15, 0.2) is 6.10 Å². The van der Waals surface area contributed by atoms with Gasteiger partial charge < -0.3 is 20.8 Å². The highest BCUT2D eigenvalue weighted by Gasteiger charge is 2.12. The zero-order chi connectivity index (χ0) is 14.3. The quantitative estimate of drug-likeness (QED) is 0.512. The largest absolute Gasteiger partial charge is 0.479 e. The number of aromatic nitrogens is 2. The molecule has 0 saturated carbocycles. The normalized spacial score (nSPS) is 11.9. The third-order valence-electron chi connectivity index (χ3n) is 2.58. The molecule has 8 heteroatoms. The van der Waals surface area contributed by atoms with Gasteiger partial charge in [-0.25, -0.2) is 9.59 Å². The number of nitrogens with one attached hydrogen (secondary N) is 2. The minimum absolute atomic E-state index is 0.0233. The fourth-order valence-electron chi connectivity index (χ4n) is 1.46. The summed E-state index contributed by atoms with van der Waals surface area (Å²) in [6.45, 7) is 0.553. The van der Waals surface area contributed by atoms with Gasteiger partial charge in [-0.1, -0.05) is 0 Å². The fourth-order valence-corrected chi connectivity index (χ4v) is 1.46. The maximum atomic E-state index is 11.3. The van der Waals surface area contributed by atoms with Crippen LogP contribution in [-0.2, 0) is 18.3 Å². The van der Waals surface area contributed by atoms with Crippen LogP contribution in [0, 0.1) is 0 Å². The number of amides is 2. The summed E-state index contributed by atoms with van der Waals surface area (Å²) in [4.78, 5) is 21.7. The number of carbonyl (C=O) groups excluding carboxylic acids is 1. The van der Waals surface area contributed by atoms with E-state index in [4.69, 9.17) is 10.2 Å². The van der Waals surface area contributed by atoms with E-state index in [1.54, 1.807) is 10.9 Å². The van der Waals surface area contributed by atoms with Gasteiger partial charge in [-0.05, 0) is 6.07 Å². The first-order chi connectivity index (χ1) is 9.00. The van der Waals surface area contributed by atoms with Gasteiger partial charge >= 0.3 is 12.0 Å². The average molecular weight is 270 g/mol. The molecule has 1 aromatic heterocycles. The highest BCUT2D eigenvalue weighted by molar-refractivity contribution is 5.74. The van der Waals surface area contributed by atoms with E-state index in [0.717, 1.165) is 5.69 Å². The van der Waals surface area contributed by atoms with Crippen LogP contribution in [0.2, 0.25) is 0 Å². The molecule has 1 atom stereocenters. The number of nitrogens with zero attached hydrogens (tertiary/aromatic N) is 2. The van der Waals surface area contributed by atoms with Gasteiger partial charge in [0.05, 0.1) is 0 Å². The van der Waals surface area contributed by atoms with Crippen LogP contribution in [0.3, 0.4) is 0 Å². The van der Waals surface area contributed by atoms with Crippen molar-refractivity contribution >= 4 is 12.0 Å². The summed E-state index contributed by atoms with van der Waals surface area (Å²) in [6, 6.07) is 1.47. The predicted molar refractivity (Wildman–Crippen MR) is 66.6 cm³/mol. The zero-order valence-corrected chi connectivity index (χ0v) is 10.7. The molecule has 1 rings (SSSR count). The SMILES string of the molecule is Cn1nccc1CCNC(=O)NCC[C@H](O)C(=O)O. The molecule has 0 bridgehead atoms. The molecule has 0 fully saturated rings. The number of rotatable bonds is 7. The van der Waals surface area contributed by atoms with Gasteiger partial charge in [0, 0.05) is 44.9 Å². The molecule has 0 aliphatic carbocycles. The summed E-state index contributed by atoms with van der Waals surface area (Å²) < 4.78 is 1.73. The summed E-state index contributed by atoms with van der Waals surface area (Å²) in [5.41, 5.74) is 1.00. The molecular formula is C11H18N4O4. The molecular weight excluding hydrogens is 252 g/mol. The van der Waals surface area contributed by atoms with Crippen molar-refractivity contribution in [2.75, 3.05) is 13.1 Å². The Morgan fingerprint density at radius 1 is 1.42 bits per heavy atom. The van der Waals surface area contributed by atoms with Crippen LogP contribution in [-0.4, -0.2) is 51.2 Å². The van der Waals surface area contributed by atoms with Gasteiger partial charge in [0.2, 0.25) is 0 Å².